The maximum atomic E-state index is 12.9. The van der Waals surface area contributed by atoms with Crippen LogP contribution in [0.15, 0.2) is 10.5 Å². The molecule has 0 saturated carbocycles. The van der Waals surface area contributed by atoms with Gasteiger partial charge in [-0.2, -0.15) is 0 Å². The van der Waals surface area contributed by atoms with Crippen molar-refractivity contribution >= 4 is 51.3 Å². The monoisotopic (exact) mass is 518 g/mol. The minimum Gasteiger partial charge on any atom is -0.462 e. The molecule has 3 aromatic heterocycles. The number of amides is 1. The van der Waals surface area contributed by atoms with Gasteiger partial charge in [0.05, 0.1) is 17.9 Å². The van der Waals surface area contributed by atoms with Crippen molar-refractivity contribution in [2.45, 2.75) is 71.5 Å². The van der Waals surface area contributed by atoms with Gasteiger partial charge in [-0.25, -0.2) is 4.79 Å². The predicted molar refractivity (Wildman–Crippen MR) is 139 cm³/mol. The molecule has 4 rings (SSSR count). The van der Waals surface area contributed by atoms with Crippen LogP contribution in [0.25, 0.3) is 11.4 Å². The summed E-state index contributed by atoms with van der Waals surface area (Å²) in [5.74, 6) is 0.507. The molecule has 0 atom stereocenters. The van der Waals surface area contributed by atoms with Crippen molar-refractivity contribution in [3.05, 3.63) is 31.8 Å². The third kappa shape index (κ3) is 5.08. The number of nitrogens with one attached hydrogen (secondary N) is 1. The Kier molecular flexibility index (Phi) is 8.10. The lowest BCUT2D eigenvalue weighted by Crippen LogP contribution is -2.17. The quantitative estimate of drug-likeness (QED) is 0.228. The van der Waals surface area contributed by atoms with E-state index in [1.54, 1.807) is 18.3 Å². The highest BCUT2D eigenvalue weighted by Gasteiger charge is 2.27. The molecule has 1 amide bonds. The van der Waals surface area contributed by atoms with Crippen LogP contribution in [0.1, 0.15) is 64.3 Å². The lowest BCUT2D eigenvalue weighted by atomic mass is 10.1. The fourth-order valence-electron chi connectivity index (χ4n) is 4.16. The van der Waals surface area contributed by atoms with E-state index in [1.807, 2.05) is 4.57 Å². The molecular formula is C24H30N4O3S3. The van der Waals surface area contributed by atoms with Crippen molar-refractivity contribution < 1.29 is 14.3 Å². The van der Waals surface area contributed by atoms with E-state index in [-0.39, 0.29) is 17.6 Å². The van der Waals surface area contributed by atoms with Crippen LogP contribution in [0.2, 0.25) is 0 Å². The van der Waals surface area contributed by atoms with Crippen molar-refractivity contribution in [1.82, 2.24) is 14.8 Å². The van der Waals surface area contributed by atoms with Gasteiger partial charge in [0.2, 0.25) is 5.91 Å². The van der Waals surface area contributed by atoms with Gasteiger partial charge < -0.3 is 14.6 Å². The zero-order chi connectivity index (χ0) is 24.2. The van der Waals surface area contributed by atoms with E-state index in [0.717, 1.165) is 49.1 Å². The third-order valence-corrected chi connectivity index (χ3v) is 9.23. The third-order valence-electron chi connectivity index (χ3n) is 6.05. The van der Waals surface area contributed by atoms with Crippen LogP contribution in [-0.4, -0.2) is 39.0 Å². The number of hydrogen-bond acceptors (Lipinski definition) is 8. The number of thiophene rings is 2. The minimum atomic E-state index is -0.346. The fourth-order valence-corrected chi connectivity index (χ4v) is 7.12. The molecule has 0 bridgehead atoms. The van der Waals surface area contributed by atoms with Gasteiger partial charge in [-0.15, -0.1) is 32.9 Å². The highest BCUT2D eigenvalue weighted by Crippen LogP contribution is 2.38. The topological polar surface area (TPSA) is 86.1 Å². The predicted octanol–water partition coefficient (Wildman–Crippen LogP) is 5.88. The number of esters is 1. The summed E-state index contributed by atoms with van der Waals surface area (Å²) in [5.41, 5.74) is 3.91. The lowest BCUT2D eigenvalue weighted by Gasteiger charge is -2.09. The molecule has 0 aliphatic heterocycles. The Labute approximate surface area is 212 Å². The van der Waals surface area contributed by atoms with Gasteiger partial charge in [0.15, 0.2) is 11.0 Å². The average molecular weight is 519 g/mol. The number of aromatic nitrogens is 3. The summed E-state index contributed by atoms with van der Waals surface area (Å²) in [5, 5.41) is 15.2. The minimum absolute atomic E-state index is 0.165. The summed E-state index contributed by atoms with van der Waals surface area (Å²) in [7, 11) is 0. The summed E-state index contributed by atoms with van der Waals surface area (Å²) in [6.07, 6.45) is 5.12. The van der Waals surface area contributed by atoms with Crippen molar-refractivity contribution in [3.63, 3.8) is 0 Å². The van der Waals surface area contributed by atoms with E-state index in [0.29, 0.717) is 28.9 Å². The second-order valence-corrected chi connectivity index (χ2v) is 11.3. The maximum absolute atomic E-state index is 12.9. The van der Waals surface area contributed by atoms with Crippen molar-refractivity contribution in [2.75, 3.05) is 17.7 Å². The number of thioether (sulfide) groups is 1. The van der Waals surface area contributed by atoms with Crippen molar-refractivity contribution in [1.29, 1.82) is 0 Å². The van der Waals surface area contributed by atoms with E-state index in [1.165, 1.54) is 38.4 Å². The Morgan fingerprint density at radius 3 is 2.68 bits per heavy atom. The number of anilines is 1. The Morgan fingerprint density at radius 2 is 1.97 bits per heavy atom. The number of rotatable bonds is 8. The van der Waals surface area contributed by atoms with Gasteiger partial charge in [0, 0.05) is 27.2 Å². The van der Waals surface area contributed by atoms with Gasteiger partial charge in [0.1, 0.15) is 5.00 Å². The summed E-state index contributed by atoms with van der Waals surface area (Å²) in [6, 6.07) is 0. The molecule has 34 heavy (non-hydrogen) atoms. The molecule has 7 nitrogen and oxygen atoms in total. The summed E-state index contributed by atoms with van der Waals surface area (Å²) < 4.78 is 7.37. The van der Waals surface area contributed by atoms with Crippen LogP contribution < -0.4 is 5.32 Å². The summed E-state index contributed by atoms with van der Waals surface area (Å²) in [4.78, 5) is 28.1. The van der Waals surface area contributed by atoms with Crippen LogP contribution in [0.3, 0.4) is 0 Å². The highest BCUT2D eigenvalue weighted by molar-refractivity contribution is 7.99. The average Bonchev–Trinajstić information content (AvgIpc) is 3.42. The lowest BCUT2D eigenvalue weighted by molar-refractivity contribution is -0.113. The number of carbonyl (C=O) groups is 2. The van der Waals surface area contributed by atoms with E-state index in [9.17, 15) is 9.59 Å². The normalized spacial score (nSPS) is 13.4. The number of fused-ring (bicyclic) bond motifs is 1. The second kappa shape index (κ2) is 11.0. The Hall–Kier alpha value is -2.17. The first-order valence-corrected chi connectivity index (χ1v) is 14.3. The molecule has 0 spiro atoms. The van der Waals surface area contributed by atoms with Crippen LogP contribution in [0.4, 0.5) is 5.00 Å². The summed E-state index contributed by atoms with van der Waals surface area (Å²) in [6.45, 7) is 9.07. The van der Waals surface area contributed by atoms with Crippen LogP contribution >= 0.6 is 34.4 Å². The molecule has 182 valence electrons. The van der Waals surface area contributed by atoms with Gasteiger partial charge >= 0.3 is 5.97 Å². The molecule has 0 unspecified atom stereocenters. The first kappa shape index (κ1) is 24.9. The maximum Gasteiger partial charge on any atom is 0.341 e. The molecule has 10 heteroatoms. The number of ether oxygens (including phenoxy) is 1. The van der Waals surface area contributed by atoms with Crippen molar-refractivity contribution in [2.24, 2.45) is 0 Å². The molecule has 3 aromatic rings. The number of hydrogen-bond donors (Lipinski definition) is 1. The molecule has 1 aliphatic rings. The van der Waals surface area contributed by atoms with Crippen molar-refractivity contribution in [3.8, 4) is 11.4 Å². The molecule has 1 N–H and O–H groups in total. The Morgan fingerprint density at radius 1 is 1.18 bits per heavy atom. The molecule has 1 aliphatic carbocycles. The van der Waals surface area contributed by atoms with Gasteiger partial charge in [-0.1, -0.05) is 18.2 Å². The molecule has 3 heterocycles. The molecule has 0 aromatic carbocycles. The van der Waals surface area contributed by atoms with E-state index < -0.39 is 0 Å². The first-order valence-electron chi connectivity index (χ1n) is 11.7. The smallest absolute Gasteiger partial charge is 0.341 e. The standard InChI is InChI=1S/C24H30N4O3S3/c1-5-28-21(17-12-32-15(4)14(17)3)26-27-24(28)33-13-19(29)25-22-20(23(30)31-6-2)16-10-8-7-9-11-18(16)34-22/h12H,5-11,13H2,1-4H3,(H,25,29). The van der Waals surface area contributed by atoms with Crippen LogP contribution in [-0.2, 0) is 28.9 Å². The van der Waals surface area contributed by atoms with E-state index in [4.69, 9.17) is 4.74 Å². The molecule has 0 saturated heterocycles. The second-order valence-electron chi connectivity index (χ2n) is 8.21. The molecular weight excluding hydrogens is 488 g/mol. The van der Waals surface area contributed by atoms with E-state index >= 15 is 0 Å². The molecule has 0 fully saturated rings. The number of nitrogens with zero attached hydrogens (tertiary/aromatic N) is 3. The van der Waals surface area contributed by atoms with Gasteiger partial charge in [0.25, 0.3) is 0 Å². The Bertz CT molecular complexity index is 1190. The first-order chi connectivity index (χ1) is 16.4. The van der Waals surface area contributed by atoms with Gasteiger partial charge in [-0.05, 0) is 64.5 Å². The number of carbonyl (C=O) groups excluding carboxylic acids is 2. The van der Waals surface area contributed by atoms with Crippen LogP contribution in [0, 0.1) is 13.8 Å². The Balaban J connectivity index is 1.50. The fraction of sp³-hybridized carbons (Fsp3) is 0.500. The zero-order valence-corrected chi connectivity index (χ0v) is 22.5. The SMILES string of the molecule is CCOC(=O)c1c(NC(=O)CSc2nnc(-c3csc(C)c3C)n2CC)sc2c1CCCCC2. The largest absolute Gasteiger partial charge is 0.462 e. The molecule has 0 radical (unpaired) electrons. The zero-order valence-electron chi connectivity index (χ0n) is 20.0. The highest BCUT2D eigenvalue weighted by atomic mass is 32.2. The number of aryl methyl sites for hydroxylation is 2. The van der Waals surface area contributed by atoms with Crippen LogP contribution in [0.5, 0.6) is 0 Å². The van der Waals surface area contributed by atoms with Gasteiger partial charge in [-0.3, -0.25) is 4.79 Å². The summed E-state index contributed by atoms with van der Waals surface area (Å²) >= 11 is 4.58. The van der Waals surface area contributed by atoms with E-state index in [2.05, 4.69) is 41.7 Å².